The number of benzene rings is 3. The van der Waals surface area contributed by atoms with Crippen LogP contribution in [0, 0.1) is 10.1 Å². The third-order valence-corrected chi connectivity index (χ3v) is 4.59. The van der Waals surface area contributed by atoms with Gasteiger partial charge in [-0.1, -0.05) is 54.6 Å². The Morgan fingerprint density at radius 1 is 0.935 bits per heavy atom. The summed E-state index contributed by atoms with van der Waals surface area (Å²) in [5.41, 5.74) is 7.03. The molecular formula is C23H17N5O3. The molecule has 1 aromatic heterocycles. The molecule has 0 unspecified atom stereocenters. The van der Waals surface area contributed by atoms with E-state index in [0.29, 0.717) is 11.3 Å². The van der Waals surface area contributed by atoms with E-state index < -0.39 is 10.8 Å². The Labute approximate surface area is 177 Å². The first-order valence-corrected chi connectivity index (χ1v) is 9.39. The number of rotatable bonds is 6. The number of H-pyrrole nitrogens is 1. The number of nitro benzene ring substituents is 1. The zero-order valence-corrected chi connectivity index (χ0v) is 16.2. The SMILES string of the molecule is O=C(N/N=C\c1ccc([N+](=O)[O-])cc1)c1cc(-c2ccc(-c3ccccc3)cc2)n[nH]1. The molecule has 1 heterocycles. The number of amides is 1. The number of hydrazone groups is 1. The summed E-state index contributed by atoms with van der Waals surface area (Å²) in [6, 6.07) is 25.4. The molecule has 0 saturated heterocycles. The molecule has 0 aliphatic carbocycles. The maximum atomic E-state index is 12.3. The lowest BCUT2D eigenvalue weighted by molar-refractivity contribution is -0.384. The minimum Gasteiger partial charge on any atom is -0.272 e. The molecule has 0 radical (unpaired) electrons. The fourth-order valence-electron chi connectivity index (χ4n) is 2.96. The van der Waals surface area contributed by atoms with Crippen molar-refractivity contribution in [2.75, 3.05) is 0 Å². The Hall–Kier alpha value is -4.59. The van der Waals surface area contributed by atoms with Gasteiger partial charge in [0, 0.05) is 17.7 Å². The van der Waals surface area contributed by atoms with Crippen LogP contribution in [0.5, 0.6) is 0 Å². The Morgan fingerprint density at radius 3 is 2.26 bits per heavy atom. The van der Waals surface area contributed by atoms with Crippen molar-refractivity contribution in [2.45, 2.75) is 0 Å². The van der Waals surface area contributed by atoms with Crippen LogP contribution < -0.4 is 5.43 Å². The topological polar surface area (TPSA) is 113 Å². The summed E-state index contributed by atoms with van der Waals surface area (Å²) in [4.78, 5) is 22.5. The quantitative estimate of drug-likeness (QED) is 0.278. The standard InChI is InChI=1S/C23H17N5O3/c29-23(27-24-15-16-6-12-20(13-7-16)28(30)31)22-14-21(25-26-22)19-10-8-18(9-11-19)17-4-2-1-3-5-17/h1-15H,(H,25,26)(H,27,29)/b24-15-. The van der Waals surface area contributed by atoms with Gasteiger partial charge in [-0.15, -0.1) is 0 Å². The number of aromatic nitrogens is 2. The second-order valence-corrected chi connectivity index (χ2v) is 6.66. The third-order valence-electron chi connectivity index (χ3n) is 4.59. The lowest BCUT2D eigenvalue weighted by Crippen LogP contribution is -2.17. The van der Waals surface area contributed by atoms with Gasteiger partial charge >= 0.3 is 0 Å². The van der Waals surface area contributed by atoms with E-state index in [1.54, 1.807) is 18.2 Å². The van der Waals surface area contributed by atoms with Gasteiger partial charge in [0.25, 0.3) is 11.6 Å². The Morgan fingerprint density at radius 2 is 1.58 bits per heavy atom. The molecule has 4 rings (SSSR count). The minimum atomic E-state index is -0.478. The van der Waals surface area contributed by atoms with E-state index in [1.807, 2.05) is 54.6 Å². The molecule has 8 heteroatoms. The van der Waals surface area contributed by atoms with Crippen molar-refractivity contribution in [2.24, 2.45) is 5.10 Å². The van der Waals surface area contributed by atoms with Crippen LogP contribution in [0.25, 0.3) is 22.4 Å². The number of aromatic amines is 1. The molecule has 0 bridgehead atoms. The molecule has 0 saturated carbocycles. The number of nitro groups is 1. The molecule has 0 fully saturated rings. The van der Waals surface area contributed by atoms with Crippen molar-refractivity contribution in [3.63, 3.8) is 0 Å². The highest BCUT2D eigenvalue weighted by Gasteiger charge is 2.11. The first kappa shape index (κ1) is 19.7. The van der Waals surface area contributed by atoms with Crippen LogP contribution >= 0.6 is 0 Å². The predicted molar refractivity (Wildman–Crippen MR) is 118 cm³/mol. The summed E-state index contributed by atoms with van der Waals surface area (Å²) >= 11 is 0. The lowest BCUT2D eigenvalue weighted by atomic mass is 10.0. The summed E-state index contributed by atoms with van der Waals surface area (Å²) in [5, 5.41) is 21.5. The lowest BCUT2D eigenvalue weighted by Gasteiger charge is -2.02. The van der Waals surface area contributed by atoms with Crippen molar-refractivity contribution in [3.05, 3.63) is 106 Å². The fraction of sp³-hybridized carbons (Fsp3) is 0. The Bertz CT molecular complexity index is 1230. The van der Waals surface area contributed by atoms with Gasteiger partial charge in [0.1, 0.15) is 5.69 Å². The molecule has 0 spiro atoms. The molecule has 2 N–H and O–H groups in total. The second-order valence-electron chi connectivity index (χ2n) is 6.66. The minimum absolute atomic E-state index is 0.0111. The van der Waals surface area contributed by atoms with Gasteiger partial charge in [0.2, 0.25) is 0 Å². The molecular weight excluding hydrogens is 394 g/mol. The highest BCUT2D eigenvalue weighted by atomic mass is 16.6. The van der Waals surface area contributed by atoms with Crippen LogP contribution in [-0.4, -0.2) is 27.2 Å². The number of nitrogens with zero attached hydrogens (tertiary/aromatic N) is 3. The van der Waals surface area contributed by atoms with Crippen LogP contribution in [0.3, 0.4) is 0 Å². The van der Waals surface area contributed by atoms with E-state index in [0.717, 1.165) is 16.7 Å². The van der Waals surface area contributed by atoms with Gasteiger partial charge in [-0.05, 0) is 34.9 Å². The molecule has 3 aromatic carbocycles. The summed E-state index contributed by atoms with van der Waals surface area (Å²) < 4.78 is 0. The van der Waals surface area contributed by atoms with Crippen LogP contribution in [0.4, 0.5) is 5.69 Å². The molecule has 0 atom stereocenters. The number of non-ortho nitro benzene ring substituents is 1. The van der Waals surface area contributed by atoms with E-state index in [4.69, 9.17) is 0 Å². The molecule has 0 aliphatic rings. The van der Waals surface area contributed by atoms with Crippen molar-refractivity contribution in [3.8, 4) is 22.4 Å². The maximum absolute atomic E-state index is 12.3. The normalized spacial score (nSPS) is 10.8. The number of hydrogen-bond acceptors (Lipinski definition) is 5. The van der Waals surface area contributed by atoms with Crippen LogP contribution in [-0.2, 0) is 0 Å². The second kappa shape index (κ2) is 8.83. The van der Waals surface area contributed by atoms with Crippen molar-refractivity contribution >= 4 is 17.8 Å². The smallest absolute Gasteiger partial charge is 0.272 e. The van der Waals surface area contributed by atoms with Gasteiger partial charge in [-0.25, -0.2) is 5.43 Å². The van der Waals surface area contributed by atoms with Crippen LogP contribution in [0.2, 0.25) is 0 Å². The molecule has 31 heavy (non-hydrogen) atoms. The Balaban J connectivity index is 1.40. The molecule has 4 aromatic rings. The first-order chi connectivity index (χ1) is 15.1. The van der Waals surface area contributed by atoms with Gasteiger partial charge < -0.3 is 0 Å². The summed E-state index contributed by atoms with van der Waals surface area (Å²) in [6.07, 6.45) is 1.40. The van der Waals surface area contributed by atoms with E-state index in [1.165, 1.54) is 18.3 Å². The zero-order valence-electron chi connectivity index (χ0n) is 16.2. The number of hydrogen-bond donors (Lipinski definition) is 2. The van der Waals surface area contributed by atoms with Crippen molar-refractivity contribution in [1.29, 1.82) is 0 Å². The van der Waals surface area contributed by atoms with Crippen molar-refractivity contribution in [1.82, 2.24) is 15.6 Å². The van der Waals surface area contributed by atoms with E-state index >= 15 is 0 Å². The molecule has 0 aliphatic heterocycles. The van der Waals surface area contributed by atoms with E-state index in [2.05, 4.69) is 20.7 Å². The van der Waals surface area contributed by atoms with Gasteiger partial charge in [-0.2, -0.15) is 10.2 Å². The number of nitrogens with one attached hydrogen (secondary N) is 2. The number of carbonyl (C=O) groups is 1. The summed E-state index contributed by atoms with van der Waals surface area (Å²) in [5.74, 6) is -0.446. The van der Waals surface area contributed by atoms with Gasteiger partial charge in [-0.3, -0.25) is 20.0 Å². The van der Waals surface area contributed by atoms with Gasteiger partial charge in [0.15, 0.2) is 0 Å². The van der Waals surface area contributed by atoms with Crippen LogP contribution in [0.15, 0.2) is 90.0 Å². The average molecular weight is 411 g/mol. The fourth-order valence-corrected chi connectivity index (χ4v) is 2.96. The number of carbonyl (C=O) groups excluding carboxylic acids is 1. The monoisotopic (exact) mass is 411 g/mol. The summed E-state index contributed by atoms with van der Waals surface area (Å²) in [6.45, 7) is 0. The predicted octanol–water partition coefficient (Wildman–Crippen LogP) is 4.42. The Kier molecular flexibility index (Phi) is 5.62. The van der Waals surface area contributed by atoms with Crippen molar-refractivity contribution < 1.29 is 9.72 Å². The largest absolute Gasteiger partial charge is 0.289 e. The zero-order chi connectivity index (χ0) is 21.6. The highest BCUT2D eigenvalue weighted by Crippen LogP contribution is 2.24. The molecule has 1 amide bonds. The molecule has 152 valence electrons. The van der Waals surface area contributed by atoms with E-state index in [9.17, 15) is 14.9 Å². The average Bonchev–Trinajstić information content (AvgIpc) is 3.31. The molecule has 8 nitrogen and oxygen atoms in total. The summed E-state index contributed by atoms with van der Waals surface area (Å²) in [7, 11) is 0. The van der Waals surface area contributed by atoms with E-state index in [-0.39, 0.29) is 11.4 Å². The van der Waals surface area contributed by atoms with Gasteiger partial charge in [0.05, 0.1) is 16.8 Å². The third kappa shape index (κ3) is 4.70. The maximum Gasteiger partial charge on any atom is 0.289 e. The highest BCUT2D eigenvalue weighted by molar-refractivity contribution is 5.94. The van der Waals surface area contributed by atoms with Crippen LogP contribution in [0.1, 0.15) is 16.1 Å². The first-order valence-electron chi connectivity index (χ1n) is 9.39.